The van der Waals surface area contributed by atoms with E-state index in [0.717, 1.165) is 0 Å². The number of hydrogen-bond donors (Lipinski definition) is 3. The van der Waals surface area contributed by atoms with Crippen LogP contribution >= 0.6 is 11.6 Å². The molecule has 0 unspecified atom stereocenters. The van der Waals surface area contributed by atoms with Crippen molar-refractivity contribution in [1.82, 2.24) is 4.72 Å². The highest BCUT2D eigenvalue weighted by atomic mass is 35.5. The fourth-order valence-electron chi connectivity index (χ4n) is 2.42. The average Bonchev–Trinajstić information content (AvgIpc) is 2.67. The van der Waals surface area contributed by atoms with Gasteiger partial charge >= 0.3 is 0 Å². The van der Waals surface area contributed by atoms with Gasteiger partial charge in [0.2, 0.25) is 15.9 Å². The van der Waals surface area contributed by atoms with E-state index in [1.807, 2.05) is 6.92 Å². The molecule has 29 heavy (non-hydrogen) atoms. The van der Waals surface area contributed by atoms with Gasteiger partial charge in [-0.2, -0.15) is 0 Å². The Labute approximate surface area is 174 Å². The van der Waals surface area contributed by atoms with Crippen LogP contribution in [-0.2, 0) is 14.8 Å². The molecule has 0 fully saturated rings. The topological polar surface area (TPSA) is 114 Å². The number of benzene rings is 2. The molecule has 8 nitrogen and oxygen atoms in total. The van der Waals surface area contributed by atoms with Gasteiger partial charge in [0.25, 0.3) is 5.91 Å². The number of anilines is 2. The summed E-state index contributed by atoms with van der Waals surface area (Å²) < 4.78 is 31.9. The highest BCUT2D eigenvalue weighted by Crippen LogP contribution is 2.31. The van der Waals surface area contributed by atoms with E-state index in [0.29, 0.717) is 24.3 Å². The van der Waals surface area contributed by atoms with E-state index in [9.17, 15) is 18.0 Å². The Balaban J connectivity index is 2.22. The third-order valence-electron chi connectivity index (χ3n) is 3.81. The molecule has 0 spiro atoms. The van der Waals surface area contributed by atoms with Gasteiger partial charge in [0.1, 0.15) is 5.75 Å². The summed E-state index contributed by atoms with van der Waals surface area (Å²) in [5, 5.41) is 5.39. The summed E-state index contributed by atoms with van der Waals surface area (Å²) in [6, 6.07) is 8.61. The number of rotatable bonds is 8. The van der Waals surface area contributed by atoms with Gasteiger partial charge in [-0.25, -0.2) is 13.1 Å². The van der Waals surface area contributed by atoms with Gasteiger partial charge in [0, 0.05) is 25.2 Å². The summed E-state index contributed by atoms with van der Waals surface area (Å²) in [4.78, 5) is 24.0. The molecule has 0 heterocycles. The predicted molar refractivity (Wildman–Crippen MR) is 112 cm³/mol. The SMILES string of the molecule is CCCNS(=O)(=O)c1ccc(NC(=O)c2cc(Cl)c(NC(C)=O)cc2OC)cc1. The number of nitrogens with one attached hydrogen (secondary N) is 3. The maximum atomic E-state index is 12.6. The first-order valence-electron chi connectivity index (χ1n) is 8.74. The third-order valence-corrected chi connectivity index (χ3v) is 5.60. The maximum absolute atomic E-state index is 12.6. The normalized spacial score (nSPS) is 11.0. The lowest BCUT2D eigenvalue weighted by Crippen LogP contribution is -2.24. The molecule has 0 aliphatic rings. The first-order valence-corrected chi connectivity index (χ1v) is 10.6. The number of amides is 2. The van der Waals surface area contributed by atoms with E-state index >= 15 is 0 Å². The molecule has 0 aromatic heterocycles. The van der Waals surface area contributed by atoms with Crippen molar-refractivity contribution in [3.8, 4) is 5.75 Å². The Kier molecular flexibility index (Phi) is 7.60. The number of carbonyl (C=O) groups is 2. The number of sulfonamides is 1. The molecule has 156 valence electrons. The van der Waals surface area contributed by atoms with Gasteiger partial charge in [0.05, 0.1) is 28.3 Å². The van der Waals surface area contributed by atoms with Crippen LogP contribution in [0.5, 0.6) is 5.75 Å². The van der Waals surface area contributed by atoms with E-state index in [2.05, 4.69) is 15.4 Å². The smallest absolute Gasteiger partial charge is 0.259 e. The standard InChI is InChI=1S/C19H22ClN3O5S/c1-4-9-21-29(26,27)14-7-5-13(6-8-14)23-19(25)15-10-16(20)17(22-12(2)24)11-18(15)28-3/h5-8,10-11,21H,4,9H2,1-3H3,(H,22,24)(H,23,25). The summed E-state index contributed by atoms with van der Waals surface area (Å²) in [7, 11) is -2.20. The zero-order valence-corrected chi connectivity index (χ0v) is 17.8. The van der Waals surface area contributed by atoms with Crippen molar-refractivity contribution < 1.29 is 22.7 Å². The van der Waals surface area contributed by atoms with Crippen LogP contribution in [0.15, 0.2) is 41.3 Å². The molecule has 2 rings (SSSR count). The lowest BCUT2D eigenvalue weighted by molar-refractivity contribution is -0.114. The van der Waals surface area contributed by atoms with Gasteiger partial charge in [-0.3, -0.25) is 9.59 Å². The number of hydrogen-bond acceptors (Lipinski definition) is 5. The van der Waals surface area contributed by atoms with Crippen LogP contribution in [0.1, 0.15) is 30.6 Å². The summed E-state index contributed by atoms with van der Waals surface area (Å²) in [6.07, 6.45) is 0.679. The van der Waals surface area contributed by atoms with Crippen molar-refractivity contribution in [1.29, 1.82) is 0 Å². The molecule has 2 aromatic rings. The molecule has 0 saturated carbocycles. The van der Waals surface area contributed by atoms with Crippen LogP contribution < -0.4 is 20.1 Å². The van der Waals surface area contributed by atoms with Crippen molar-refractivity contribution in [2.24, 2.45) is 0 Å². The monoisotopic (exact) mass is 439 g/mol. The maximum Gasteiger partial charge on any atom is 0.259 e. The minimum Gasteiger partial charge on any atom is -0.496 e. The molecule has 10 heteroatoms. The number of carbonyl (C=O) groups excluding carboxylic acids is 2. The second-order valence-electron chi connectivity index (χ2n) is 6.09. The van der Waals surface area contributed by atoms with Crippen molar-refractivity contribution in [2.75, 3.05) is 24.3 Å². The molecule has 0 atom stereocenters. The number of ether oxygens (including phenoxy) is 1. The molecule has 3 N–H and O–H groups in total. The van der Waals surface area contributed by atoms with Gasteiger partial charge < -0.3 is 15.4 Å². The van der Waals surface area contributed by atoms with Crippen LogP contribution in [0, 0.1) is 0 Å². The highest BCUT2D eigenvalue weighted by molar-refractivity contribution is 7.89. The first-order chi connectivity index (χ1) is 13.7. The minimum atomic E-state index is -3.59. The molecule has 2 amide bonds. The van der Waals surface area contributed by atoms with Gasteiger partial charge in [-0.15, -0.1) is 0 Å². The van der Waals surface area contributed by atoms with Crippen LogP contribution in [0.25, 0.3) is 0 Å². The molecular formula is C19H22ClN3O5S. The van der Waals surface area contributed by atoms with E-state index in [4.69, 9.17) is 16.3 Å². The van der Waals surface area contributed by atoms with Gasteiger partial charge in [-0.05, 0) is 36.8 Å². The summed E-state index contributed by atoms with van der Waals surface area (Å²) in [5.74, 6) is -0.592. The lowest BCUT2D eigenvalue weighted by atomic mass is 10.1. The Morgan fingerprint density at radius 2 is 1.76 bits per heavy atom. The van der Waals surface area contributed by atoms with Crippen molar-refractivity contribution >= 4 is 44.8 Å². The van der Waals surface area contributed by atoms with Crippen LogP contribution in [0.2, 0.25) is 5.02 Å². The summed E-state index contributed by atoms with van der Waals surface area (Å²) in [5.41, 5.74) is 0.878. The number of methoxy groups -OCH3 is 1. The van der Waals surface area contributed by atoms with Crippen LogP contribution in [-0.4, -0.2) is 33.9 Å². The predicted octanol–water partition coefficient (Wildman–Crippen LogP) is 3.25. The minimum absolute atomic E-state index is 0.101. The van der Waals surface area contributed by atoms with E-state index in [-0.39, 0.29) is 27.1 Å². The molecule has 2 aromatic carbocycles. The molecular weight excluding hydrogens is 418 g/mol. The lowest BCUT2D eigenvalue weighted by Gasteiger charge is -2.13. The van der Waals surface area contributed by atoms with Crippen molar-refractivity contribution in [3.63, 3.8) is 0 Å². The van der Waals surface area contributed by atoms with E-state index in [1.54, 1.807) is 0 Å². The largest absolute Gasteiger partial charge is 0.496 e. The Morgan fingerprint density at radius 1 is 1.10 bits per heavy atom. The summed E-state index contributed by atoms with van der Waals surface area (Å²) >= 11 is 6.14. The average molecular weight is 440 g/mol. The van der Waals surface area contributed by atoms with Crippen molar-refractivity contribution in [3.05, 3.63) is 47.0 Å². The van der Waals surface area contributed by atoms with Crippen LogP contribution in [0.3, 0.4) is 0 Å². The Morgan fingerprint density at radius 3 is 2.31 bits per heavy atom. The van der Waals surface area contributed by atoms with Gasteiger partial charge in [-0.1, -0.05) is 18.5 Å². The highest BCUT2D eigenvalue weighted by Gasteiger charge is 2.18. The summed E-state index contributed by atoms with van der Waals surface area (Å²) in [6.45, 7) is 3.55. The Bertz CT molecular complexity index is 1010. The second kappa shape index (κ2) is 9.73. The molecule has 0 aliphatic heterocycles. The second-order valence-corrected chi connectivity index (χ2v) is 8.26. The molecule has 0 radical (unpaired) electrons. The quantitative estimate of drug-likeness (QED) is 0.584. The van der Waals surface area contributed by atoms with Crippen LogP contribution in [0.4, 0.5) is 11.4 Å². The number of halogens is 1. The van der Waals surface area contributed by atoms with E-state index < -0.39 is 15.9 Å². The zero-order valence-electron chi connectivity index (χ0n) is 16.2. The molecule has 0 bridgehead atoms. The first kappa shape index (κ1) is 22.7. The zero-order chi connectivity index (χ0) is 21.6. The van der Waals surface area contributed by atoms with Gasteiger partial charge in [0.15, 0.2) is 0 Å². The Hall–Kier alpha value is -2.62. The third kappa shape index (κ3) is 5.93. The fraction of sp³-hybridized carbons (Fsp3) is 0.263. The van der Waals surface area contributed by atoms with Crippen molar-refractivity contribution in [2.45, 2.75) is 25.2 Å². The fourth-order valence-corrected chi connectivity index (χ4v) is 3.77. The van der Waals surface area contributed by atoms with E-state index in [1.165, 1.54) is 50.4 Å². The molecule has 0 saturated heterocycles. The molecule has 0 aliphatic carbocycles.